The second kappa shape index (κ2) is 7.63. The second-order valence-corrected chi connectivity index (χ2v) is 6.57. The summed E-state index contributed by atoms with van der Waals surface area (Å²) in [4.78, 5) is 1.32. The van der Waals surface area contributed by atoms with E-state index in [4.69, 9.17) is 17.0 Å². The number of nitrogens with one attached hydrogen (secondary N) is 1. The molecule has 3 rings (SSSR count). The molecule has 0 radical (unpaired) electrons. The lowest BCUT2D eigenvalue weighted by atomic mass is 10.1. The average Bonchev–Trinajstić information content (AvgIpc) is 2.97. The van der Waals surface area contributed by atoms with Crippen LogP contribution in [0.3, 0.4) is 0 Å². The fraction of sp³-hybridized carbons (Fsp3) is 0.263. The minimum absolute atomic E-state index is 0.678. The molecule has 0 aliphatic heterocycles. The van der Waals surface area contributed by atoms with Gasteiger partial charge in [0.2, 0.25) is 4.77 Å². The standard InChI is InChI=1S/C19H22N4OS/c1-15-7-4-5-8-16(15)12-21(2)14-23-19(25)22(13-20-23)17-9-6-10-18(11-17)24-3/h4-11,13H,12,14H2,1-3H3/p+1. The number of hydrogen-bond acceptors (Lipinski definition) is 3. The Bertz CT molecular complexity index is 916. The third kappa shape index (κ3) is 3.97. The van der Waals surface area contributed by atoms with Crippen molar-refractivity contribution in [3.05, 3.63) is 70.8 Å². The molecule has 0 saturated heterocycles. The van der Waals surface area contributed by atoms with Gasteiger partial charge in [0.15, 0.2) is 6.67 Å². The average molecular weight is 355 g/mol. The molecule has 130 valence electrons. The molecule has 0 aliphatic carbocycles. The number of aromatic nitrogens is 3. The molecular formula is C19H23N4OS+. The zero-order chi connectivity index (χ0) is 17.8. The molecule has 0 aliphatic rings. The van der Waals surface area contributed by atoms with Crippen molar-refractivity contribution >= 4 is 12.2 Å². The lowest BCUT2D eigenvalue weighted by Crippen LogP contribution is -3.07. The van der Waals surface area contributed by atoms with E-state index in [0.717, 1.165) is 18.0 Å². The maximum atomic E-state index is 5.60. The van der Waals surface area contributed by atoms with Crippen LogP contribution in [0.25, 0.3) is 5.69 Å². The van der Waals surface area contributed by atoms with E-state index in [9.17, 15) is 0 Å². The molecule has 5 nitrogen and oxygen atoms in total. The van der Waals surface area contributed by atoms with Gasteiger partial charge in [-0.05, 0) is 36.8 Å². The summed E-state index contributed by atoms with van der Waals surface area (Å²) in [5.74, 6) is 0.800. The SMILES string of the molecule is COc1cccc(-n2cnn(C[NH+](C)Cc3ccccc3C)c2=S)c1. The van der Waals surface area contributed by atoms with Crippen LogP contribution in [-0.2, 0) is 13.2 Å². The Morgan fingerprint density at radius 1 is 1.16 bits per heavy atom. The highest BCUT2D eigenvalue weighted by Crippen LogP contribution is 2.16. The first-order valence-electron chi connectivity index (χ1n) is 8.23. The highest BCUT2D eigenvalue weighted by atomic mass is 32.1. The van der Waals surface area contributed by atoms with Crippen molar-refractivity contribution in [3.8, 4) is 11.4 Å². The van der Waals surface area contributed by atoms with Gasteiger partial charge in [-0.15, -0.1) is 0 Å². The predicted molar refractivity (Wildman–Crippen MR) is 101 cm³/mol. The molecule has 1 atom stereocenters. The quantitative estimate of drug-likeness (QED) is 0.690. The van der Waals surface area contributed by atoms with E-state index in [1.807, 2.05) is 33.5 Å². The summed E-state index contributed by atoms with van der Waals surface area (Å²) in [5, 5.41) is 4.47. The molecule has 6 heteroatoms. The van der Waals surface area contributed by atoms with Crippen molar-refractivity contribution in [2.45, 2.75) is 20.1 Å². The van der Waals surface area contributed by atoms with E-state index in [0.29, 0.717) is 11.4 Å². The summed E-state index contributed by atoms with van der Waals surface area (Å²) < 4.78 is 9.73. The summed E-state index contributed by atoms with van der Waals surface area (Å²) in [6.07, 6.45) is 1.76. The van der Waals surface area contributed by atoms with E-state index >= 15 is 0 Å². The minimum Gasteiger partial charge on any atom is -0.497 e. The van der Waals surface area contributed by atoms with Crippen molar-refractivity contribution in [2.24, 2.45) is 0 Å². The maximum Gasteiger partial charge on any atom is 0.207 e. The summed E-state index contributed by atoms with van der Waals surface area (Å²) in [7, 11) is 3.81. The van der Waals surface area contributed by atoms with Crippen molar-refractivity contribution in [3.63, 3.8) is 0 Å². The first-order valence-corrected chi connectivity index (χ1v) is 8.64. The normalized spacial score (nSPS) is 12.1. The van der Waals surface area contributed by atoms with Gasteiger partial charge in [0.25, 0.3) is 0 Å². The molecule has 1 unspecified atom stereocenters. The lowest BCUT2D eigenvalue weighted by molar-refractivity contribution is -0.917. The van der Waals surface area contributed by atoms with E-state index in [-0.39, 0.29) is 0 Å². The van der Waals surface area contributed by atoms with Gasteiger partial charge in [0.1, 0.15) is 18.6 Å². The van der Waals surface area contributed by atoms with Crippen LogP contribution >= 0.6 is 12.2 Å². The zero-order valence-corrected chi connectivity index (χ0v) is 15.6. The minimum atomic E-state index is 0.678. The third-order valence-electron chi connectivity index (χ3n) is 4.24. The second-order valence-electron chi connectivity index (χ2n) is 6.20. The van der Waals surface area contributed by atoms with E-state index < -0.39 is 0 Å². The monoisotopic (exact) mass is 355 g/mol. The highest BCUT2D eigenvalue weighted by molar-refractivity contribution is 7.71. The number of ether oxygens (including phenoxy) is 1. The van der Waals surface area contributed by atoms with Crippen LogP contribution in [0.5, 0.6) is 5.75 Å². The van der Waals surface area contributed by atoms with Crippen LogP contribution in [0.15, 0.2) is 54.9 Å². The first-order chi connectivity index (χ1) is 12.1. The molecule has 0 spiro atoms. The van der Waals surface area contributed by atoms with Gasteiger partial charge in [-0.2, -0.15) is 9.78 Å². The first kappa shape index (κ1) is 17.4. The molecule has 0 bridgehead atoms. The summed E-state index contributed by atoms with van der Waals surface area (Å²) >= 11 is 5.60. The van der Waals surface area contributed by atoms with E-state index in [1.54, 1.807) is 13.4 Å². The van der Waals surface area contributed by atoms with Crippen LogP contribution in [0.4, 0.5) is 0 Å². The molecule has 0 fully saturated rings. The van der Waals surface area contributed by atoms with E-state index in [2.05, 4.69) is 43.3 Å². The molecule has 2 aromatic carbocycles. The number of methoxy groups -OCH3 is 1. The molecular weight excluding hydrogens is 332 g/mol. The molecule has 25 heavy (non-hydrogen) atoms. The van der Waals surface area contributed by atoms with Gasteiger partial charge in [-0.1, -0.05) is 30.3 Å². The predicted octanol–water partition coefficient (Wildman–Crippen LogP) is 2.39. The fourth-order valence-corrected chi connectivity index (χ4v) is 3.09. The molecule has 1 heterocycles. The van der Waals surface area contributed by atoms with Gasteiger partial charge in [-0.25, -0.2) is 0 Å². The van der Waals surface area contributed by atoms with Gasteiger partial charge >= 0.3 is 0 Å². The Kier molecular flexibility index (Phi) is 5.31. The summed E-state index contributed by atoms with van der Waals surface area (Å²) in [6, 6.07) is 16.3. The van der Waals surface area contributed by atoms with Crippen LogP contribution in [0.1, 0.15) is 11.1 Å². The number of benzene rings is 2. The Hall–Kier alpha value is -2.44. The zero-order valence-electron chi connectivity index (χ0n) is 14.8. The van der Waals surface area contributed by atoms with Gasteiger partial charge in [0.05, 0.1) is 19.8 Å². The number of rotatable bonds is 6. The van der Waals surface area contributed by atoms with Crippen LogP contribution in [0.2, 0.25) is 0 Å². The Balaban J connectivity index is 1.77. The third-order valence-corrected chi connectivity index (χ3v) is 4.65. The molecule has 0 saturated carbocycles. The maximum absolute atomic E-state index is 5.60. The molecule has 1 N–H and O–H groups in total. The Morgan fingerprint density at radius 3 is 2.72 bits per heavy atom. The van der Waals surface area contributed by atoms with Crippen molar-refractivity contribution in [1.29, 1.82) is 0 Å². The number of aryl methyl sites for hydroxylation is 1. The Labute approximate surface area is 153 Å². The van der Waals surface area contributed by atoms with Gasteiger partial charge in [-0.3, -0.25) is 4.57 Å². The number of quaternary nitrogens is 1. The van der Waals surface area contributed by atoms with Gasteiger partial charge in [0, 0.05) is 11.6 Å². The van der Waals surface area contributed by atoms with Crippen LogP contribution in [0, 0.1) is 11.7 Å². The summed E-state index contributed by atoms with van der Waals surface area (Å²) in [5.41, 5.74) is 3.61. The number of hydrogen-bond donors (Lipinski definition) is 1. The molecule has 0 amide bonds. The molecule has 1 aromatic heterocycles. The fourth-order valence-electron chi connectivity index (χ4n) is 2.83. The van der Waals surface area contributed by atoms with Crippen LogP contribution < -0.4 is 9.64 Å². The lowest BCUT2D eigenvalue weighted by Gasteiger charge is -2.15. The van der Waals surface area contributed by atoms with Crippen LogP contribution in [-0.4, -0.2) is 28.5 Å². The van der Waals surface area contributed by atoms with Crippen molar-refractivity contribution in [2.75, 3.05) is 14.2 Å². The molecule has 3 aromatic rings. The van der Waals surface area contributed by atoms with E-state index in [1.165, 1.54) is 16.0 Å². The smallest absolute Gasteiger partial charge is 0.207 e. The largest absolute Gasteiger partial charge is 0.497 e. The van der Waals surface area contributed by atoms with Gasteiger partial charge < -0.3 is 9.64 Å². The summed E-state index contributed by atoms with van der Waals surface area (Å²) in [6.45, 7) is 3.79. The number of nitrogens with zero attached hydrogens (tertiary/aromatic N) is 3. The highest BCUT2D eigenvalue weighted by Gasteiger charge is 2.10. The topological polar surface area (TPSA) is 36.4 Å². The van der Waals surface area contributed by atoms with Crippen molar-refractivity contribution in [1.82, 2.24) is 14.3 Å². The Morgan fingerprint density at radius 2 is 1.96 bits per heavy atom. The van der Waals surface area contributed by atoms with Crippen molar-refractivity contribution < 1.29 is 9.64 Å².